The van der Waals surface area contributed by atoms with Crippen LogP contribution in [0.1, 0.15) is 62.7 Å². The molecule has 0 aliphatic heterocycles. The zero-order chi connectivity index (χ0) is 21.7. The highest BCUT2D eigenvalue weighted by Crippen LogP contribution is 2.44. The largest absolute Gasteiger partial charge is 0.358 e. The van der Waals surface area contributed by atoms with Crippen molar-refractivity contribution in [2.45, 2.75) is 63.3 Å². The smallest absolute Gasteiger partial charge is 0.269 e. The van der Waals surface area contributed by atoms with Gasteiger partial charge in [0.1, 0.15) is 0 Å². The van der Waals surface area contributed by atoms with Crippen LogP contribution >= 0.6 is 12.2 Å². The molecule has 2 fully saturated rings. The van der Waals surface area contributed by atoms with Crippen molar-refractivity contribution < 1.29 is 13.2 Å². The number of nitrogens with one attached hydrogen (secondary N) is 3. The molecule has 30 heavy (non-hydrogen) atoms. The Hall–Kier alpha value is -1.71. The summed E-state index contributed by atoms with van der Waals surface area (Å²) in [5.41, 5.74) is 5.71. The minimum Gasteiger partial charge on any atom is -0.358 e. The summed E-state index contributed by atoms with van der Waals surface area (Å²) in [5, 5.41) is 3.72. The summed E-state index contributed by atoms with van der Waals surface area (Å²) in [6, 6.07) is 6.39. The third kappa shape index (κ3) is 5.31. The van der Waals surface area contributed by atoms with Crippen LogP contribution in [0, 0.1) is 11.8 Å². The van der Waals surface area contributed by atoms with Gasteiger partial charge in [-0.1, -0.05) is 20.3 Å². The van der Waals surface area contributed by atoms with E-state index < -0.39 is 10.0 Å². The molecule has 0 radical (unpaired) electrons. The standard InChI is InChI=1S/C21H32N4O3S2/c1-3-11-25(12-4-2)30(27,28)18-9-7-16(8-10-18)20(26)23-24-21(29)22-19-14-15-5-6-17(19)13-15/h7-10,15,17,19H,3-6,11-14H2,1-2H3,(H,23,26)(H2,22,24,29)/t15-,17-,19-/m0/s1. The molecule has 1 aromatic carbocycles. The SMILES string of the molecule is CCCN(CCC)S(=O)(=O)c1ccc(C(=O)NNC(=S)N[C@H]2C[C@H]3CC[C@H]2C3)cc1. The van der Waals surface area contributed by atoms with E-state index in [1.807, 2.05) is 13.8 Å². The fraction of sp³-hybridized carbons (Fsp3) is 0.619. The zero-order valence-electron chi connectivity index (χ0n) is 17.7. The van der Waals surface area contributed by atoms with Crippen LogP contribution in [-0.2, 0) is 10.0 Å². The lowest BCUT2D eigenvalue weighted by Gasteiger charge is -2.24. The molecule has 1 aromatic rings. The minimum atomic E-state index is -3.56. The van der Waals surface area contributed by atoms with Crippen LogP contribution in [-0.4, -0.2) is 42.9 Å². The number of hydrogen-bond donors (Lipinski definition) is 3. The van der Waals surface area contributed by atoms with Gasteiger partial charge in [0.25, 0.3) is 5.91 Å². The van der Waals surface area contributed by atoms with E-state index in [1.165, 1.54) is 47.8 Å². The number of amides is 1. The highest BCUT2D eigenvalue weighted by Gasteiger charge is 2.39. The Balaban J connectivity index is 1.53. The fourth-order valence-electron chi connectivity index (χ4n) is 4.59. The number of benzene rings is 1. The number of sulfonamides is 1. The Bertz CT molecular complexity index is 852. The zero-order valence-corrected chi connectivity index (χ0v) is 19.3. The molecule has 1 amide bonds. The third-order valence-electron chi connectivity index (χ3n) is 6.04. The molecule has 0 saturated heterocycles. The van der Waals surface area contributed by atoms with Crippen LogP contribution in [0.15, 0.2) is 29.2 Å². The second-order valence-corrected chi connectivity index (χ2v) is 10.6. The molecule has 2 aliphatic rings. The van der Waals surface area contributed by atoms with Gasteiger partial charge in [0.05, 0.1) is 4.90 Å². The van der Waals surface area contributed by atoms with Crippen LogP contribution in [0.25, 0.3) is 0 Å². The van der Waals surface area contributed by atoms with Crippen LogP contribution in [0.4, 0.5) is 0 Å². The Labute approximate surface area is 185 Å². The first-order valence-electron chi connectivity index (χ1n) is 10.8. The summed E-state index contributed by atoms with van der Waals surface area (Å²) >= 11 is 5.30. The van der Waals surface area contributed by atoms with E-state index in [0.717, 1.165) is 25.2 Å². The molecule has 0 spiro atoms. The van der Waals surface area contributed by atoms with Crippen molar-refractivity contribution in [2.24, 2.45) is 11.8 Å². The normalized spacial score (nSPS) is 22.8. The maximum Gasteiger partial charge on any atom is 0.269 e. The van der Waals surface area contributed by atoms with Gasteiger partial charge in [0, 0.05) is 24.7 Å². The van der Waals surface area contributed by atoms with E-state index in [1.54, 1.807) is 0 Å². The van der Waals surface area contributed by atoms with Crippen molar-refractivity contribution in [3.63, 3.8) is 0 Å². The first-order valence-corrected chi connectivity index (χ1v) is 12.7. The van der Waals surface area contributed by atoms with Crippen molar-refractivity contribution in [1.29, 1.82) is 0 Å². The first-order chi connectivity index (χ1) is 14.3. The Morgan fingerprint density at radius 3 is 2.27 bits per heavy atom. The number of nitrogens with zero attached hydrogens (tertiary/aromatic N) is 1. The van der Waals surface area contributed by atoms with Crippen molar-refractivity contribution in [3.8, 4) is 0 Å². The quantitative estimate of drug-likeness (QED) is 0.415. The van der Waals surface area contributed by atoms with Crippen LogP contribution in [0.2, 0.25) is 0 Å². The maximum atomic E-state index is 12.8. The Morgan fingerprint density at radius 2 is 1.73 bits per heavy atom. The molecule has 9 heteroatoms. The van der Waals surface area contributed by atoms with E-state index >= 15 is 0 Å². The first kappa shape index (κ1) is 23.0. The van der Waals surface area contributed by atoms with Gasteiger partial charge in [0.2, 0.25) is 10.0 Å². The van der Waals surface area contributed by atoms with E-state index in [2.05, 4.69) is 16.2 Å². The molecule has 2 bridgehead atoms. The number of rotatable bonds is 8. The van der Waals surface area contributed by atoms with Gasteiger partial charge in [-0.25, -0.2) is 8.42 Å². The molecule has 0 unspecified atom stereocenters. The predicted molar refractivity (Wildman–Crippen MR) is 121 cm³/mol. The monoisotopic (exact) mass is 452 g/mol. The van der Waals surface area contributed by atoms with Crippen molar-refractivity contribution >= 4 is 33.3 Å². The van der Waals surface area contributed by atoms with Gasteiger partial charge in [0.15, 0.2) is 5.11 Å². The van der Waals surface area contributed by atoms with E-state index in [4.69, 9.17) is 12.2 Å². The lowest BCUT2D eigenvalue weighted by Crippen LogP contribution is -2.50. The molecule has 2 aliphatic carbocycles. The number of carbonyl (C=O) groups is 1. The van der Waals surface area contributed by atoms with Crippen molar-refractivity contribution in [1.82, 2.24) is 20.5 Å². The van der Waals surface area contributed by atoms with Gasteiger partial charge in [-0.05, 0) is 80.4 Å². The molecule has 0 heterocycles. The van der Waals surface area contributed by atoms with Crippen LogP contribution in [0.3, 0.4) is 0 Å². The van der Waals surface area contributed by atoms with E-state index in [-0.39, 0.29) is 10.8 Å². The highest BCUT2D eigenvalue weighted by molar-refractivity contribution is 7.89. The van der Waals surface area contributed by atoms with E-state index in [0.29, 0.717) is 35.7 Å². The summed E-state index contributed by atoms with van der Waals surface area (Å²) in [7, 11) is -3.56. The van der Waals surface area contributed by atoms with E-state index in [9.17, 15) is 13.2 Å². The summed E-state index contributed by atoms with van der Waals surface area (Å²) in [5.74, 6) is 1.13. The topological polar surface area (TPSA) is 90.5 Å². The number of thiocarbonyl (C=S) groups is 1. The molecular weight excluding hydrogens is 420 g/mol. The van der Waals surface area contributed by atoms with Crippen molar-refractivity contribution in [2.75, 3.05) is 13.1 Å². The summed E-state index contributed by atoms with van der Waals surface area (Å²) in [6.07, 6.45) is 6.49. The Morgan fingerprint density at radius 1 is 1.07 bits per heavy atom. The summed E-state index contributed by atoms with van der Waals surface area (Å²) in [6.45, 7) is 4.87. The molecule has 2 saturated carbocycles. The Kier molecular flexibility index (Phi) is 7.70. The molecule has 3 atom stereocenters. The molecule has 7 nitrogen and oxygen atoms in total. The molecule has 166 valence electrons. The molecular formula is C21H32N4O3S2. The third-order valence-corrected chi connectivity index (χ3v) is 8.18. The number of carbonyl (C=O) groups excluding carboxylic acids is 1. The van der Waals surface area contributed by atoms with Gasteiger partial charge in [-0.15, -0.1) is 0 Å². The second-order valence-electron chi connectivity index (χ2n) is 8.26. The molecule has 0 aromatic heterocycles. The highest BCUT2D eigenvalue weighted by atomic mass is 32.2. The van der Waals surface area contributed by atoms with Gasteiger partial charge in [-0.3, -0.25) is 15.6 Å². The number of hydrogen-bond acceptors (Lipinski definition) is 4. The molecule has 3 N–H and O–H groups in total. The predicted octanol–water partition coefficient (Wildman–Crippen LogP) is 2.79. The summed E-state index contributed by atoms with van der Waals surface area (Å²) in [4.78, 5) is 12.6. The maximum absolute atomic E-state index is 12.8. The lowest BCUT2D eigenvalue weighted by molar-refractivity contribution is 0.0943. The number of hydrazine groups is 1. The average Bonchev–Trinajstić information content (AvgIpc) is 3.35. The average molecular weight is 453 g/mol. The lowest BCUT2D eigenvalue weighted by atomic mass is 9.96. The fourth-order valence-corrected chi connectivity index (χ4v) is 6.42. The van der Waals surface area contributed by atoms with Crippen molar-refractivity contribution in [3.05, 3.63) is 29.8 Å². The van der Waals surface area contributed by atoms with Crippen LogP contribution in [0.5, 0.6) is 0 Å². The molecule has 3 rings (SSSR count). The summed E-state index contributed by atoms with van der Waals surface area (Å²) < 4.78 is 27.1. The van der Waals surface area contributed by atoms with Gasteiger partial charge >= 0.3 is 0 Å². The minimum absolute atomic E-state index is 0.197. The van der Waals surface area contributed by atoms with Crippen LogP contribution < -0.4 is 16.2 Å². The van der Waals surface area contributed by atoms with Gasteiger partial charge in [-0.2, -0.15) is 4.31 Å². The second kappa shape index (κ2) is 10.1. The number of fused-ring (bicyclic) bond motifs is 2. The van der Waals surface area contributed by atoms with Gasteiger partial charge < -0.3 is 5.32 Å².